The molecule has 2 aromatic rings. The van der Waals surface area contributed by atoms with Crippen molar-refractivity contribution >= 4 is 27.4 Å². The van der Waals surface area contributed by atoms with E-state index in [1.165, 1.54) is 17.5 Å². The molecular weight excluding hydrogens is 256 g/mol. The van der Waals surface area contributed by atoms with E-state index in [0.717, 1.165) is 37.4 Å². The zero-order chi connectivity index (χ0) is 13.1. The lowest BCUT2D eigenvalue weighted by Crippen LogP contribution is -2.46. The smallest absolute Gasteiger partial charge is 0.150 e. The summed E-state index contributed by atoms with van der Waals surface area (Å²) in [5.74, 6) is 1.12. The first-order valence-electron chi connectivity index (χ1n) is 7.05. The molecular formula is C14H20N4S. The Labute approximate surface area is 117 Å². The molecule has 1 aliphatic rings. The summed E-state index contributed by atoms with van der Waals surface area (Å²) in [6, 6.07) is 2.64. The molecule has 0 spiro atoms. The lowest BCUT2D eigenvalue weighted by Gasteiger charge is -2.35. The van der Waals surface area contributed by atoms with Crippen LogP contribution in [0.2, 0.25) is 0 Å². The predicted molar refractivity (Wildman–Crippen MR) is 80.9 cm³/mol. The molecule has 5 heteroatoms. The Morgan fingerprint density at radius 2 is 2.42 bits per heavy atom. The molecule has 102 valence electrons. The van der Waals surface area contributed by atoms with Gasteiger partial charge in [-0.1, -0.05) is 6.92 Å². The average Bonchev–Trinajstić information content (AvgIpc) is 2.94. The highest BCUT2D eigenvalue weighted by atomic mass is 32.1. The number of thiophene rings is 1. The fourth-order valence-corrected chi connectivity index (χ4v) is 3.63. The van der Waals surface area contributed by atoms with Gasteiger partial charge in [-0.05, 0) is 37.3 Å². The van der Waals surface area contributed by atoms with Crippen molar-refractivity contribution in [3.8, 4) is 0 Å². The molecule has 1 saturated heterocycles. The van der Waals surface area contributed by atoms with E-state index in [-0.39, 0.29) is 0 Å². The molecule has 4 nitrogen and oxygen atoms in total. The second-order valence-corrected chi connectivity index (χ2v) is 5.94. The maximum absolute atomic E-state index is 4.57. The maximum atomic E-state index is 4.57. The molecule has 19 heavy (non-hydrogen) atoms. The van der Waals surface area contributed by atoms with E-state index >= 15 is 0 Å². The molecule has 1 unspecified atom stereocenters. The van der Waals surface area contributed by atoms with Gasteiger partial charge in [0.15, 0.2) is 0 Å². The quantitative estimate of drug-likeness (QED) is 0.932. The van der Waals surface area contributed by atoms with Gasteiger partial charge in [0, 0.05) is 19.1 Å². The Morgan fingerprint density at radius 3 is 3.21 bits per heavy atom. The zero-order valence-corrected chi connectivity index (χ0v) is 12.1. The van der Waals surface area contributed by atoms with Crippen molar-refractivity contribution in [2.75, 3.05) is 24.5 Å². The molecule has 0 aliphatic carbocycles. The summed E-state index contributed by atoms with van der Waals surface area (Å²) < 4.78 is 1.22. The van der Waals surface area contributed by atoms with Crippen LogP contribution >= 0.6 is 11.3 Å². The first-order chi connectivity index (χ1) is 9.40. The lowest BCUT2D eigenvalue weighted by atomic mass is 10.1. The molecule has 0 aromatic carbocycles. The Bertz CT molecular complexity index is 533. The van der Waals surface area contributed by atoms with Crippen LogP contribution in [0.1, 0.15) is 26.2 Å². The van der Waals surface area contributed by atoms with Crippen LogP contribution in [0.4, 0.5) is 5.82 Å². The van der Waals surface area contributed by atoms with Crippen molar-refractivity contribution in [3.63, 3.8) is 0 Å². The molecule has 0 saturated carbocycles. The number of nitrogens with one attached hydrogen (secondary N) is 1. The predicted octanol–water partition coefficient (Wildman–Crippen LogP) is 2.66. The molecule has 2 aromatic heterocycles. The summed E-state index contributed by atoms with van der Waals surface area (Å²) in [6.45, 7) is 5.51. The highest BCUT2D eigenvalue weighted by Gasteiger charge is 2.23. The van der Waals surface area contributed by atoms with Crippen molar-refractivity contribution in [2.24, 2.45) is 0 Å². The number of hydrogen-bond acceptors (Lipinski definition) is 5. The summed E-state index contributed by atoms with van der Waals surface area (Å²) in [6.07, 6.45) is 5.35. The molecule has 0 radical (unpaired) electrons. The van der Waals surface area contributed by atoms with Crippen molar-refractivity contribution in [1.82, 2.24) is 15.3 Å². The third-order valence-electron chi connectivity index (χ3n) is 3.67. The average molecular weight is 276 g/mol. The molecule has 3 rings (SSSR count). The van der Waals surface area contributed by atoms with Crippen LogP contribution < -0.4 is 10.2 Å². The standard InChI is InChI=1S/C14H20N4S/c1-2-7-18(11-4-3-6-15-9-11)14-13-12(5-8-19-13)16-10-17-14/h5,8,10-11,15H,2-4,6-7,9H2,1H3. The van der Waals surface area contributed by atoms with Gasteiger partial charge in [0.05, 0.1) is 10.2 Å². The van der Waals surface area contributed by atoms with Gasteiger partial charge >= 0.3 is 0 Å². The molecule has 0 bridgehead atoms. The van der Waals surface area contributed by atoms with Gasteiger partial charge in [-0.25, -0.2) is 9.97 Å². The van der Waals surface area contributed by atoms with Crippen LogP contribution in [-0.4, -0.2) is 35.6 Å². The second kappa shape index (κ2) is 5.84. The molecule has 1 atom stereocenters. The largest absolute Gasteiger partial charge is 0.351 e. The van der Waals surface area contributed by atoms with E-state index in [2.05, 4.69) is 38.6 Å². The number of hydrogen-bond donors (Lipinski definition) is 1. The van der Waals surface area contributed by atoms with Crippen LogP contribution in [0.25, 0.3) is 10.2 Å². The highest BCUT2D eigenvalue weighted by Crippen LogP contribution is 2.30. The van der Waals surface area contributed by atoms with Gasteiger partial charge in [0.1, 0.15) is 12.1 Å². The van der Waals surface area contributed by atoms with Crippen LogP contribution in [0.15, 0.2) is 17.8 Å². The minimum atomic E-state index is 0.564. The van der Waals surface area contributed by atoms with Crippen molar-refractivity contribution < 1.29 is 0 Å². The molecule has 1 aliphatic heterocycles. The number of aromatic nitrogens is 2. The van der Waals surface area contributed by atoms with Gasteiger partial charge in [0.2, 0.25) is 0 Å². The molecule has 3 heterocycles. The molecule has 0 amide bonds. The second-order valence-electron chi connectivity index (χ2n) is 5.03. The minimum absolute atomic E-state index is 0.564. The van der Waals surface area contributed by atoms with Gasteiger partial charge in [0.25, 0.3) is 0 Å². The van der Waals surface area contributed by atoms with E-state index in [1.807, 2.05) is 0 Å². The Hall–Kier alpha value is -1.20. The molecule has 1 fully saturated rings. The first kappa shape index (κ1) is 12.8. The Morgan fingerprint density at radius 1 is 1.47 bits per heavy atom. The van der Waals surface area contributed by atoms with Crippen LogP contribution in [0.3, 0.4) is 0 Å². The van der Waals surface area contributed by atoms with E-state index in [9.17, 15) is 0 Å². The van der Waals surface area contributed by atoms with Crippen molar-refractivity contribution in [3.05, 3.63) is 17.8 Å². The number of piperidine rings is 1. The normalized spacial score (nSPS) is 19.7. The molecule has 1 N–H and O–H groups in total. The minimum Gasteiger partial charge on any atom is -0.351 e. The highest BCUT2D eigenvalue weighted by molar-refractivity contribution is 7.17. The summed E-state index contributed by atoms with van der Waals surface area (Å²) >= 11 is 1.75. The zero-order valence-electron chi connectivity index (χ0n) is 11.3. The Kier molecular flexibility index (Phi) is 3.94. The monoisotopic (exact) mass is 276 g/mol. The first-order valence-corrected chi connectivity index (χ1v) is 7.93. The number of nitrogens with zero attached hydrogens (tertiary/aromatic N) is 3. The summed E-state index contributed by atoms with van der Waals surface area (Å²) in [5.41, 5.74) is 1.07. The lowest BCUT2D eigenvalue weighted by molar-refractivity contribution is 0.429. The summed E-state index contributed by atoms with van der Waals surface area (Å²) in [7, 11) is 0. The van der Waals surface area contributed by atoms with Gasteiger partial charge in [-0.2, -0.15) is 0 Å². The third kappa shape index (κ3) is 2.58. The SMILES string of the molecule is CCCN(c1ncnc2ccsc12)C1CCCNC1. The van der Waals surface area contributed by atoms with E-state index in [0.29, 0.717) is 6.04 Å². The topological polar surface area (TPSA) is 41.1 Å². The number of rotatable bonds is 4. The number of anilines is 1. The van der Waals surface area contributed by atoms with Gasteiger partial charge in [-0.3, -0.25) is 0 Å². The maximum Gasteiger partial charge on any atom is 0.150 e. The van der Waals surface area contributed by atoms with Crippen LogP contribution in [0, 0.1) is 0 Å². The summed E-state index contributed by atoms with van der Waals surface area (Å²) in [4.78, 5) is 11.4. The van der Waals surface area contributed by atoms with E-state index in [1.54, 1.807) is 17.7 Å². The van der Waals surface area contributed by atoms with Crippen molar-refractivity contribution in [2.45, 2.75) is 32.2 Å². The van der Waals surface area contributed by atoms with Gasteiger partial charge in [-0.15, -0.1) is 11.3 Å². The van der Waals surface area contributed by atoms with Crippen LogP contribution in [0.5, 0.6) is 0 Å². The van der Waals surface area contributed by atoms with Crippen LogP contribution in [-0.2, 0) is 0 Å². The summed E-state index contributed by atoms with van der Waals surface area (Å²) in [5, 5.41) is 5.61. The van der Waals surface area contributed by atoms with E-state index in [4.69, 9.17) is 0 Å². The fourth-order valence-electron chi connectivity index (χ4n) is 2.78. The third-order valence-corrected chi connectivity index (χ3v) is 4.57. The van der Waals surface area contributed by atoms with Crippen molar-refractivity contribution in [1.29, 1.82) is 0 Å². The Balaban J connectivity index is 1.96. The van der Waals surface area contributed by atoms with E-state index < -0.39 is 0 Å². The van der Waals surface area contributed by atoms with Gasteiger partial charge < -0.3 is 10.2 Å². The number of fused-ring (bicyclic) bond motifs is 1. The fraction of sp³-hybridized carbons (Fsp3) is 0.571.